The van der Waals surface area contributed by atoms with Gasteiger partial charge in [0.05, 0.1) is 23.9 Å². The standard InChI is InChI=1S/C15H14FN5OS/c16-12-3-1-2-11(6-12)7-21-8-14(19-20-21)15(22)17-5-4-13-9-23-10-18-13/h1-3,6,8-10H,4-5,7H2,(H,17,22). The van der Waals surface area contributed by atoms with E-state index in [0.29, 0.717) is 19.5 Å². The second kappa shape index (κ2) is 7.10. The summed E-state index contributed by atoms with van der Waals surface area (Å²) in [5.41, 5.74) is 3.70. The molecule has 0 radical (unpaired) electrons. The number of hydrogen-bond donors (Lipinski definition) is 1. The molecule has 0 aliphatic rings. The lowest BCUT2D eigenvalue weighted by Crippen LogP contribution is -2.26. The van der Waals surface area contributed by atoms with E-state index < -0.39 is 0 Å². The van der Waals surface area contributed by atoms with Gasteiger partial charge in [0, 0.05) is 18.3 Å². The summed E-state index contributed by atoms with van der Waals surface area (Å²) in [5, 5.41) is 12.5. The van der Waals surface area contributed by atoms with Gasteiger partial charge in [0.2, 0.25) is 0 Å². The van der Waals surface area contributed by atoms with Gasteiger partial charge < -0.3 is 5.32 Å². The first-order chi connectivity index (χ1) is 11.2. The molecule has 118 valence electrons. The number of hydrogen-bond acceptors (Lipinski definition) is 5. The van der Waals surface area contributed by atoms with Crippen molar-refractivity contribution < 1.29 is 9.18 Å². The average Bonchev–Trinajstić information content (AvgIpc) is 3.19. The molecule has 0 atom stereocenters. The molecule has 0 aliphatic carbocycles. The van der Waals surface area contributed by atoms with Gasteiger partial charge in [0.25, 0.3) is 5.91 Å². The van der Waals surface area contributed by atoms with Crippen LogP contribution in [0.1, 0.15) is 21.7 Å². The van der Waals surface area contributed by atoms with Gasteiger partial charge in [-0.2, -0.15) is 0 Å². The summed E-state index contributed by atoms with van der Waals surface area (Å²) in [6.07, 6.45) is 2.22. The molecule has 2 aromatic heterocycles. The molecular formula is C15H14FN5OS. The van der Waals surface area contributed by atoms with Crippen molar-refractivity contribution in [2.24, 2.45) is 0 Å². The van der Waals surface area contributed by atoms with E-state index >= 15 is 0 Å². The van der Waals surface area contributed by atoms with Gasteiger partial charge in [-0.25, -0.2) is 14.1 Å². The van der Waals surface area contributed by atoms with Crippen LogP contribution in [0.4, 0.5) is 4.39 Å². The lowest BCUT2D eigenvalue weighted by atomic mass is 10.2. The normalized spacial score (nSPS) is 10.7. The molecule has 1 aromatic carbocycles. The van der Waals surface area contributed by atoms with Crippen LogP contribution in [0, 0.1) is 5.82 Å². The monoisotopic (exact) mass is 331 g/mol. The highest BCUT2D eigenvalue weighted by Gasteiger charge is 2.10. The van der Waals surface area contributed by atoms with Crippen LogP contribution >= 0.6 is 11.3 Å². The number of carbonyl (C=O) groups excluding carboxylic acids is 1. The van der Waals surface area contributed by atoms with Crippen LogP contribution in [0.25, 0.3) is 0 Å². The first kappa shape index (κ1) is 15.3. The highest BCUT2D eigenvalue weighted by atomic mass is 32.1. The minimum absolute atomic E-state index is 0.236. The summed E-state index contributed by atoms with van der Waals surface area (Å²) in [4.78, 5) is 16.1. The highest BCUT2D eigenvalue weighted by Crippen LogP contribution is 2.06. The molecule has 0 bridgehead atoms. The van der Waals surface area contributed by atoms with E-state index in [1.807, 2.05) is 5.38 Å². The van der Waals surface area contributed by atoms with Crippen LogP contribution < -0.4 is 5.32 Å². The van der Waals surface area contributed by atoms with Gasteiger partial charge in [-0.05, 0) is 17.7 Å². The molecule has 0 fully saturated rings. The van der Waals surface area contributed by atoms with E-state index in [1.165, 1.54) is 28.2 Å². The Hall–Kier alpha value is -2.61. The molecule has 2 heterocycles. The van der Waals surface area contributed by atoms with Gasteiger partial charge in [-0.15, -0.1) is 16.4 Å². The van der Waals surface area contributed by atoms with Crippen molar-refractivity contribution in [3.8, 4) is 0 Å². The summed E-state index contributed by atoms with van der Waals surface area (Å²) in [6, 6.07) is 6.23. The SMILES string of the molecule is O=C(NCCc1cscn1)c1cn(Cc2cccc(F)c2)nn1. The average molecular weight is 331 g/mol. The fourth-order valence-corrected chi connectivity index (χ4v) is 2.65. The van der Waals surface area contributed by atoms with E-state index in [1.54, 1.807) is 23.8 Å². The van der Waals surface area contributed by atoms with Crippen molar-refractivity contribution in [3.05, 3.63) is 64.1 Å². The summed E-state index contributed by atoms with van der Waals surface area (Å²) >= 11 is 1.52. The molecule has 1 N–H and O–H groups in total. The van der Waals surface area contributed by atoms with Crippen LogP contribution in [0.3, 0.4) is 0 Å². The molecule has 1 amide bonds. The van der Waals surface area contributed by atoms with E-state index in [9.17, 15) is 9.18 Å². The highest BCUT2D eigenvalue weighted by molar-refractivity contribution is 7.07. The molecule has 8 heteroatoms. The van der Waals surface area contributed by atoms with Crippen molar-refractivity contribution in [3.63, 3.8) is 0 Å². The molecule has 0 aliphatic heterocycles. The van der Waals surface area contributed by atoms with E-state index in [0.717, 1.165) is 11.3 Å². The predicted molar refractivity (Wildman–Crippen MR) is 83.7 cm³/mol. The minimum Gasteiger partial charge on any atom is -0.350 e. The number of amides is 1. The molecule has 3 rings (SSSR count). The van der Waals surface area contributed by atoms with Crippen LogP contribution in [-0.4, -0.2) is 32.4 Å². The molecule has 0 unspecified atom stereocenters. The first-order valence-electron chi connectivity index (χ1n) is 7.00. The number of thiazole rings is 1. The Bertz CT molecular complexity index is 787. The lowest BCUT2D eigenvalue weighted by molar-refractivity contribution is 0.0949. The molecule has 6 nitrogen and oxygen atoms in total. The Morgan fingerprint density at radius 2 is 2.30 bits per heavy atom. The Morgan fingerprint density at radius 3 is 3.09 bits per heavy atom. The van der Waals surface area contributed by atoms with Gasteiger partial charge in [-0.3, -0.25) is 4.79 Å². The second-order valence-electron chi connectivity index (χ2n) is 4.92. The zero-order chi connectivity index (χ0) is 16.1. The summed E-state index contributed by atoms with van der Waals surface area (Å²) < 4.78 is 14.6. The topological polar surface area (TPSA) is 72.7 Å². The summed E-state index contributed by atoms with van der Waals surface area (Å²) in [7, 11) is 0. The number of nitrogens with zero attached hydrogens (tertiary/aromatic N) is 4. The van der Waals surface area contributed by atoms with Crippen molar-refractivity contribution >= 4 is 17.2 Å². The number of benzene rings is 1. The number of nitrogens with one attached hydrogen (secondary N) is 1. The van der Waals surface area contributed by atoms with Crippen molar-refractivity contribution in [2.45, 2.75) is 13.0 Å². The van der Waals surface area contributed by atoms with Crippen LogP contribution in [0.15, 0.2) is 41.4 Å². The summed E-state index contributed by atoms with van der Waals surface area (Å²) in [6.45, 7) is 0.843. The van der Waals surface area contributed by atoms with E-state index in [2.05, 4.69) is 20.6 Å². The molecule has 0 spiro atoms. The second-order valence-corrected chi connectivity index (χ2v) is 5.64. The third-order valence-corrected chi connectivity index (χ3v) is 3.79. The molecule has 0 saturated heterocycles. The van der Waals surface area contributed by atoms with Crippen molar-refractivity contribution in [1.29, 1.82) is 0 Å². The van der Waals surface area contributed by atoms with Gasteiger partial charge in [-0.1, -0.05) is 17.3 Å². The smallest absolute Gasteiger partial charge is 0.273 e. The first-order valence-corrected chi connectivity index (χ1v) is 7.95. The Balaban J connectivity index is 1.54. The molecular weight excluding hydrogens is 317 g/mol. The van der Waals surface area contributed by atoms with Gasteiger partial charge in [0.1, 0.15) is 5.82 Å². The van der Waals surface area contributed by atoms with E-state index in [4.69, 9.17) is 0 Å². The Morgan fingerprint density at radius 1 is 1.39 bits per heavy atom. The maximum atomic E-state index is 13.1. The predicted octanol–water partition coefficient (Wildman–Crippen LogP) is 1.89. The largest absolute Gasteiger partial charge is 0.350 e. The Labute approximate surface area is 136 Å². The number of carbonyl (C=O) groups is 1. The zero-order valence-corrected chi connectivity index (χ0v) is 13.0. The fraction of sp³-hybridized carbons (Fsp3) is 0.200. The fourth-order valence-electron chi connectivity index (χ4n) is 2.06. The van der Waals surface area contributed by atoms with Crippen molar-refractivity contribution in [2.75, 3.05) is 6.54 Å². The van der Waals surface area contributed by atoms with Gasteiger partial charge >= 0.3 is 0 Å². The minimum atomic E-state index is -0.303. The quantitative estimate of drug-likeness (QED) is 0.749. The number of rotatable bonds is 6. The molecule has 23 heavy (non-hydrogen) atoms. The maximum Gasteiger partial charge on any atom is 0.273 e. The molecule has 0 saturated carbocycles. The van der Waals surface area contributed by atoms with Crippen LogP contribution in [0.5, 0.6) is 0 Å². The van der Waals surface area contributed by atoms with Crippen LogP contribution in [0.2, 0.25) is 0 Å². The summed E-state index contributed by atoms with van der Waals surface area (Å²) in [5.74, 6) is -0.589. The third-order valence-electron chi connectivity index (χ3n) is 3.16. The van der Waals surface area contributed by atoms with Crippen LogP contribution in [-0.2, 0) is 13.0 Å². The zero-order valence-electron chi connectivity index (χ0n) is 12.1. The van der Waals surface area contributed by atoms with Gasteiger partial charge in [0.15, 0.2) is 5.69 Å². The van der Waals surface area contributed by atoms with Crippen molar-refractivity contribution in [1.82, 2.24) is 25.3 Å². The molecule has 3 aromatic rings. The number of aromatic nitrogens is 4. The Kier molecular flexibility index (Phi) is 4.72. The number of halogens is 1. The maximum absolute atomic E-state index is 13.1. The lowest BCUT2D eigenvalue weighted by Gasteiger charge is -2.01. The third kappa shape index (κ3) is 4.19. The van der Waals surface area contributed by atoms with E-state index in [-0.39, 0.29) is 17.4 Å².